The molecular formula is C9H17N3OS. The van der Waals surface area contributed by atoms with Gasteiger partial charge in [-0.1, -0.05) is 12.2 Å². The molecular weight excluding hydrogens is 198 g/mol. The first-order valence-corrected chi connectivity index (χ1v) is 5.33. The van der Waals surface area contributed by atoms with E-state index in [1.807, 2.05) is 0 Å². The van der Waals surface area contributed by atoms with E-state index in [1.165, 1.54) is 0 Å². The summed E-state index contributed by atoms with van der Waals surface area (Å²) in [7, 11) is 0. The zero-order valence-electron chi connectivity index (χ0n) is 8.24. The quantitative estimate of drug-likeness (QED) is 0.633. The summed E-state index contributed by atoms with van der Waals surface area (Å²) in [5.74, 6) is -0.210. The van der Waals surface area contributed by atoms with Crippen LogP contribution in [0.5, 0.6) is 0 Å². The summed E-state index contributed by atoms with van der Waals surface area (Å²) in [6.45, 7) is 1.83. The number of amides is 1. The number of rotatable bonds is 5. The summed E-state index contributed by atoms with van der Waals surface area (Å²) in [6, 6.07) is -0.0682. The first-order valence-electron chi connectivity index (χ1n) is 4.93. The summed E-state index contributed by atoms with van der Waals surface area (Å²) >= 11 is 4.78. The molecule has 0 aromatic carbocycles. The molecule has 1 rings (SSSR count). The van der Waals surface area contributed by atoms with Gasteiger partial charge in [-0.25, -0.2) is 0 Å². The largest absolute Gasteiger partial charge is 0.393 e. The lowest BCUT2D eigenvalue weighted by Gasteiger charge is -2.21. The summed E-state index contributed by atoms with van der Waals surface area (Å²) < 4.78 is 0. The number of hydrogen-bond donors (Lipinski definition) is 2. The van der Waals surface area contributed by atoms with Crippen molar-refractivity contribution in [3.8, 4) is 0 Å². The second-order valence-electron chi connectivity index (χ2n) is 3.67. The number of primary amides is 1. The molecule has 0 aliphatic carbocycles. The van der Waals surface area contributed by atoms with Crippen LogP contribution in [0, 0.1) is 0 Å². The van der Waals surface area contributed by atoms with Gasteiger partial charge in [-0.3, -0.25) is 9.69 Å². The van der Waals surface area contributed by atoms with Crippen LogP contribution in [0.3, 0.4) is 0 Å². The Morgan fingerprint density at radius 1 is 1.50 bits per heavy atom. The van der Waals surface area contributed by atoms with Gasteiger partial charge in [-0.15, -0.1) is 0 Å². The predicted molar refractivity (Wildman–Crippen MR) is 59.8 cm³/mol. The Hall–Kier alpha value is -0.680. The van der Waals surface area contributed by atoms with Crippen molar-refractivity contribution in [1.82, 2.24) is 4.90 Å². The van der Waals surface area contributed by atoms with Gasteiger partial charge in [0.2, 0.25) is 5.91 Å². The number of carbonyl (C=O) groups excluding carboxylic acids is 1. The monoisotopic (exact) mass is 215 g/mol. The molecule has 1 heterocycles. The molecule has 4 N–H and O–H groups in total. The Kier molecular flexibility index (Phi) is 4.28. The van der Waals surface area contributed by atoms with Crippen molar-refractivity contribution in [2.24, 2.45) is 11.5 Å². The highest BCUT2D eigenvalue weighted by molar-refractivity contribution is 7.80. The van der Waals surface area contributed by atoms with E-state index in [2.05, 4.69) is 4.90 Å². The minimum Gasteiger partial charge on any atom is -0.393 e. The number of thiocarbonyl (C=S) groups is 1. The highest BCUT2D eigenvalue weighted by Gasteiger charge is 2.27. The van der Waals surface area contributed by atoms with Gasteiger partial charge in [0.15, 0.2) is 0 Å². The van der Waals surface area contributed by atoms with Crippen molar-refractivity contribution < 1.29 is 4.79 Å². The molecule has 1 atom stereocenters. The number of likely N-dealkylation sites (tertiary alicyclic amines) is 1. The van der Waals surface area contributed by atoms with Crippen LogP contribution in [-0.4, -0.2) is 34.9 Å². The molecule has 0 radical (unpaired) electrons. The van der Waals surface area contributed by atoms with Crippen LogP contribution in [0.1, 0.15) is 25.7 Å². The zero-order valence-corrected chi connectivity index (χ0v) is 9.05. The third-order valence-corrected chi connectivity index (χ3v) is 2.76. The van der Waals surface area contributed by atoms with Gasteiger partial charge in [-0.2, -0.15) is 0 Å². The third-order valence-electron chi connectivity index (χ3n) is 2.56. The van der Waals surface area contributed by atoms with Crippen molar-refractivity contribution in [3.63, 3.8) is 0 Å². The van der Waals surface area contributed by atoms with Gasteiger partial charge in [0.05, 0.1) is 11.0 Å². The van der Waals surface area contributed by atoms with Gasteiger partial charge in [0.25, 0.3) is 0 Å². The molecule has 0 saturated carbocycles. The van der Waals surface area contributed by atoms with Gasteiger partial charge in [0, 0.05) is 0 Å². The Morgan fingerprint density at radius 3 is 2.79 bits per heavy atom. The standard InChI is InChI=1S/C9H17N3OS/c10-8(14)4-2-6-12-5-1-3-7(12)9(11)13/h7H,1-6H2,(H2,10,14)(H2,11,13). The third kappa shape index (κ3) is 3.23. The molecule has 80 valence electrons. The molecule has 0 aromatic heterocycles. The molecule has 4 nitrogen and oxygen atoms in total. The van der Waals surface area contributed by atoms with Crippen molar-refractivity contribution in [1.29, 1.82) is 0 Å². The first-order chi connectivity index (χ1) is 6.61. The fourth-order valence-corrected chi connectivity index (χ4v) is 2.02. The summed E-state index contributed by atoms with van der Waals surface area (Å²) in [6.07, 6.45) is 3.61. The molecule has 0 spiro atoms. The van der Waals surface area contributed by atoms with E-state index in [9.17, 15) is 4.79 Å². The minimum atomic E-state index is -0.210. The van der Waals surface area contributed by atoms with E-state index in [0.717, 1.165) is 38.8 Å². The van der Waals surface area contributed by atoms with Crippen LogP contribution in [0.25, 0.3) is 0 Å². The van der Waals surface area contributed by atoms with Crippen LogP contribution < -0.4 is 11.5 Å². The number of nitrogens with zero attached hydrogens (tertiary/aromatic N) is 1. The normalized spacial score (nSPS) is 22.4. The molecule has 1 unspecified atom stereocenters. The van der Waals surface area contributed by atoms with Crippen LogP contribution in [0.15, 0.2) is 0 Å². The van der Waals surface area contributed by atoms with Gasteiger partial charge in [-0.05, 0) is 38.8 Å². The lowest BCUT2D eigenvalue weighted by molar-refractivity contribution is -0.122. The summed E-state index contributed by atoms with van der Waals surface area (Å²) in [5, 5.41) is 0. The number of nitrogens with two attached hydrogens (primary N) is 2. The lowest BCUT2D eigenvalue weighted by atomic mass is 10.2. The van der Waals surface area contributed by atoms with Crippen LogP contribution >= 0.6 is 12.2 Å². The topological polar surface area (TPSA) is 72.4 Å². The fourth-order valence-electron chi connectivity index (χ4n) is 1.87. The second kappa shape index (κ2) is 5.26. The minimum absolute atomic E-state index is 0.0682. The maximum Gasteiger partial charge on any atom is 0.234 e. The average molecular weight is 215 g/mol. The smallest absolute Gasteiger partial charge is 0.234 e. The van der Waals surface area contributed by atoms with Crippen molar-refractivity contribution in [2.75, 3.05) is 13.1 Å². The van der Waals surface area contributed by atoms with Gasteiger partial charge >= 0.3 is 0 Å². The Balaban J connectivity index is 2.29. The highest BCUT2D eigenvalue weighted by atomic mass is 32.1. The first kappa shape index (κ1) is 11.4. The van der Waals surface area contributed by atoms with Crippen molar-refractivity contribution >= 4 is 23.1 Å². The van der Waals surface area contributed by atoms with Gasteiger partial charge < -0.3 is 11.5 Å². The number of hydrogen-bond acceptors (Lipinski definition) is 3. The fraction of sp³-hybridized carbons (Fsp3) is 0.778. The van der Waals surface area contributed by atoms with Crippen LogP contribution in [0.4, 0.5) is 0 Å². The van der Waals surface area contributed by atoms with E-state index in [-0.39, 0.29) is 11.9 Å². The van der Waals surface area contributed by atoms with E-state index in [1.54, 1.807) is 0 Å². The molecule has 1 amide bonds. The molecule has 14 heavy (non-hydrogen) atoms. The van der Waals surface area contributed by atoms with Crippen molar-refractivity contribution in [3.05, 3.63) is 0 Å². The van der Waals surface area contributed by atoms with Crippen LogP contribution in [-0.2, 0) is 4.79 Å². The lowest BCUT2D eigenvalue weighted by Crippen LogP contribution is -2.40. The SMILES string of the molecule is NC(=O)C1CCCN1CCCC(N)=S. The second-order valence-corrected chi connectivity index (χ2v) is 4.19. The molecule has 1 saturated heterocycles. The van der Waals surface area contributed by atoms with Crippen LogP contribution in [0.2, 0.25) is 0 Å². The Labute approximate surface area is 89.6 Å². The Bertz CT molecular complexity index is 232. The van der Waals surface area contributed by atoms with Crippen molar-refractivity contribution in [2.45, 2.75) is 31.7 Å². The average Bonchev–Trinajstić information content (AvgIpc) is 2.51. The molecule has 1 fully saturated rings. The molecule has 0 bridgehead atoms. The predicted octanol–water partition coefficient (Wildman–Crippen LogP) is 0.00240. The van der Waals surface area contributed by atoms with E-state index < -0.39 is 0 Å². The number of carbonyl (C=O) groups is 1. The zero-order chi connectivity index (χ0) is 10.6. The molecule has 5 heteroatoms. The Morgan fingerprint density at radius 2 is 2.21 bits per heavy atom. The van der Waals surface area contributed by atoms with E-state index in [4.69, 9.17) is 23.7 Å². The van der Waals surface area contributed by atoms with E-state index >= 15 is 0 Å². The van der Waals surface area contributed by atoms with E-state index in [0.29, 0.717) is 4.99 Å². The highest BCUT2D eigenvalue weighted by Crippen LogP contribution is 2.17. The molecule has 1 aliphatic rings. The summed E-state index contributed by atoms with van der Waals surface area (Å²) in [5.41, 5.74) is 10.7. The maximum absolute atomic E-state index is 11.0. The molecule has 0 aromatic rings. The summed E-state index contributed by atoms with van der Waals surface area (Å²) in [4.78, 5) is 13.7. The van der Waals surface area contributed by atoms with Gasteiger partial charge in [0.1, 0.15) is 0 Å². The maximum atomic E-state index is 11.0. The molecule has 1 aliphatic heterocycles.